The molecule has 0 aromatic carbocycles. The van der Waals surface area contributed by atoms with Gasteiger partial charge < -0.3 is 10.5 Å². The van der Waals surface area contributed by atoms with Gasteiger partial charge in [0.2, 0.25) is 0 Å². The van der Waals surface area contributed by atoms with Crippen molar-refractivity contribution in [2.75, 3.05) is 12.4 Å². The second-order valence-electron chi connectivity index (χ2n) is 3.23. The van der Waals surface area contributed by atoms with E-state index in [9.17, 15) is 4.79 Å². The molecule has 0 saturated heterocycles. The fraction of sp³-hybridized carbons (Fsp3) is 0.455. The van der Waals surface area contributed by atoms with Crippen molar-refractivity contribution in [1.82, 2.24) is 4.98 Å². The van der Waals surface area contributed by atoms with Crippen LogP contribution in [0.4, 0.5) is 0 Å². The normalized spacial score (nSPS) is 12.1. The van der Waals surface area contributed by atoms with Gasteiger partial charge in [-0.15, -0.1) is 0 Å². The molecule has 1 rings (SSSR count). The van der Waals surface area contributed by atoms with Crippen molar-refractivity contribution in [3.05, 3.63) is 30.1 Å². The molecule has 0 amide bonds. The molecule has 1 heterocycles. The number of thioether (sulfide) groups is 1. The molecule has 0 fully saturated rings. The molecule has 0 aliphatic carbocycles. The van der Waals surface area contributed by atoms with E-state index in [1.807, 2.05) is 12.1 Å². The highest BCUT2D eigenvalue weighted by molar-refractivity contribution is 7.98. The molecule has 1 unspecified atom stereocenters. The number of ether oxygens (including phenoxy) is 1. The Bertz CT molecular complexity index is 319. The van der Waals surface area contributed by atoms with E-state index in [0.29, 0.717) is 12.4 Å². The summed E-state index contributed by atoms with van der Waals surface area (Å²) in [6, 6.07) is 3.36. The van der Waals surface area contributed by atoms with E-state index in [1.165, 1.54) is 5.56 Å². The lowest BCUT2D eigenvalue weighted by atomic mass is 10.3. The number of carbonyl (C=O) groups is 1. The zero-order valence-electron chi connectivity index (χ0n) is 9.26. The van der Waals surface area contributed by atoms with Gasteiger partial charge in [0, 0.05) is 23.9 Å². The molecule has 88 valence electrons. The SMILES string of the molecule is CCOC(=O)C(N)CSCc1ccncc1. The Hall–Kier alpha value is -1.07. The molecule has 16 heavy (non-hydrogen) atoms. The average Bonchev–Trinajstić information content (AvgIpc) is 2.30. The molecule has 2 N–H and O–H groups in total. The Labute approximate surface area is 99.6 Å². The first-order valence-corrected chi connectivity index (χ1v) is 6.28. The lowest BCUT2D eigenvalue weighted by molar-refractivity contribution is -0.144. The first-order chi connectivity index (χ1) is 7.74. The Morgan fingerprint density at radius 1 is 1.56 bits per heavy atom. The smallest absolute Gasteiger partial charge is 0.323 e. The summed E-state index contributed by atoms with van der Waals surface area (Å²) in [7, 11) is 0. The number of pyridine rings is 1. The molecule has 0 spiro atoms. The minimum Gasteiger partial charge on any atom is -0.465 e. The quantitative estimate of drug-likeness (QED) is 0.757. The maximum atomic E-state index is 11.2. The summed E-state index contributed by atoms with van der Waals surface area (Å²) in [5, 5.41) is 0. The van der Waals surface area contributed by atoms with Crippen molar-refractivity contribution in [1.29, 1.82) is 0 Å². The minimum atomic E-state index is -0.535. The van der Waals surface area contributed by atoms with Crippen LogP contribution in [-0.4, -0.2) is 29.4 Å². The number of rotatable bonds is 6. The van der Waals surface area contributed by atoms with Gasteiger partial charge in [0.25, 0.3) is 0 Å². The van der Waals surface area contributed by atoms with E-state index in [4.69, 9.17) is 10.5 Å². The summed E-state index contributed by atoms with van der Waals surface area (Å²) in [5.41, 5.74) is 6.84. The third-order valence-electron chi connectivity index (χ3n) is 1.90. The van der Waals surface area contributed by atoms with E-state index >= 15 is 0 Å². The van der Waals surface area contributed by atoms with Gasteiger partial charge in [-0.25, -0.2) is 0 Å². The number of hydrogen-bond donors (Lipinski definition) is 1. The second kappa shape index (κ2) is 7.24. The molecular weight excluding hydrogens is 224 g/mol. The van der Waals surface area contributed by atoms with Gasteiger partial charge in [0.1, 0.15) is 6.04 Å². The fourth-order valence-corrected chi connectivity index (χ4v) is 2.04. The van der Waals surface area contributed by atoms with Gasteiger partial charge in [-0.3, -0.25) is 9.78 Å². The summed E-state index contributed by atoms with van der Waals surface area (Å²) < 4.78 is 4.82. The molecule has 1 aromatic heterocycles. The molecule has 0 aliphatic rings. The van der Waals surface area contributed by atoms with E-state index in [1.54, 1.807) is 31.1 Å². The summed E-state index contributed by atoms with van der Waals surface area (Å²) in [6.07, 6.45) is 3.50. The summed E-state index contributed by atoms with van der Waals surface area (Å²) in [5.74, 6) is 1.07. The number of nitrogens with two attached hydrogens (primary N) is 1. The van der Waals surface area contributed by atoms with Crippen LogP contribution in [0.15, 0.2) is 24.5 Å². The Morgan fingerprint density at radius 3 is 2.88 bits per heavy atom. The minimum absolute atomic E-state index is 0.329. The van der Waals surface area contributed by atoms with Gasteiger partial charge in [0.15, 0.2) is 0 Å². The van der Waals surface area contributed by atoms with Crippen molar-refractivity contribution < 1.29 is 9.53 Å². The van der Waals surface area contributed by atoms with E-state index in [2.05, 4.69) is 4.98 Å². The van der Waals surface area contributed by atoms with Crippen LogP contribution in [0.3, 0.4) is 0 Å². The predicted molar refractivity (Wildman–Crippen MR) is 65.0 cm³/mol. The number of aromatic nitrogens is 1. The zero-order chi connectivity index (χ0) is 11.8. The number of esters is 1. The number of nitrogens with zero attached hydrogens (tertiary/aromatic N) is 1. The third-order valence-corrected chi connectivity index (χ3v) is 3.04. The van der Waals surface area contributed by atoms with Gasteiger partial charge in [-0.2, -0.15) is 11.8 Å². The summed E-state index contributed by atoms with van der Waals surface area (Å²) in [4.78, 5) is 15.1. The molecule has 1 aromatic rings. The molecule has 0 aliphatic heterocycles. The van der Waals surface area contributed by atoms with Crippen molar-refractivity contribution >= 4 is 17.7 Å². The lowest BCUT2D eigenvalue weighted by Crippen LogP contribution is -2.34. The van der Waals surface area contributed by atoms with Crippen molar-refractivity contribution in [3.63, 3.8) is 0 Å². The fourth-order valence-electron chi connectivity index (χ4n) is 1.10. The van der Waals surface area contributed by atoms with Crippen molar-refractivity contribution in [2.24, 2.45) is 5.73 Å². The van der Waals surface area contributed by atoms with E-state index in [0.717, 1.165) is 5.75 Å². The zero-order valence-corrected chi connectivity index (χ0v) is 10.1. The highest BCUT2D eigenvalue weighted by Crippen LogP contribution is 2.11. The molecule has 0 saturated carbocycles. The van der Waals surface area contributed by atoms with Crippen LogP contribution in [-0.2, 0) is 15.3 Å². The van der Waals surface area contributed by atoms with Crippen LogP contribution in [0, 0.1) is 0 Å². The Balaban J connectivity index is 2.23. The maximum Gasteiger partial charge on any atom is 0.323 e. The highest BCUT2D eigenvalue weighted by Gasteiger charge is 2.13. The van der Waals surface area contributed by atoms with Crippen LogP contribution >= 0.6 is 11.8 Å². The first-order valence-electron chi connectivity index (χ1n) is 5.13. The van der Waals surface area contributed by atoms with Crippen LogP contribution in [0.5, 0.6) is 0 Å². The summed E-state index contributed by atoms with van der Waals surface area (Å²) >= 11 is 1.62. The van der Waals surface area contributed by atoms with Crippen molar-refractivity contribution in [3.8, 4) is 0 Å². The number of carbonyl (C=O) groups excluding carboxylic acids is 1. The standard InChI is InChI=1S/C11H16N2O2S/c1-2-15-11(14)10(12)8-16-7-9-3-5-13-6-4-9/h3-6,10H,2,7-8,12H2,1H3. The molecular formula is C11H16N2O2S. The lowest BCUT2D eigenvalue weighted by Gasteiger charge is -2.09. The van der Waals surface area contributed by atoms with E-state index in [-0.39, 0.29) is 5.97 Å². The average molecular weight is 240 g/mol. The Morgan fingerprint density at radius 2 is 2.25 bits per heavy atom. The second-order valence-corrected chi connectivity index (χ2v) is 4.26. The monoisotopic (exact) mass is 240 g/mol. The summed E-state index contributed by atoms with van der Waals surface area (Å²) in [6.45, 7) is 2.15. The van der Waals surface area contributed by atoms with Crippen LogP contribution in [0.2, 0.25) is 0 Å². The van der Waals surface area contributed by atoms with Crippen LogP contribution in [0.25, 0.3) is 0 Å². The van der Waals surface area contributed by atoms with Crippen LogP contribution in [0.1, 0.15) is 12.5 Å². The van der Waals surface area contributed by atoms with Gasteiger partial charge in [-0.1, -0.05) is 0 Å². The van der Waals surface area contributed by atoms with Gasteiger partial charge in [-0.05, 0) is 24.6 Å². The predicted octanol–water partition coefficient (Wildman–Crippen LogP) is 1.21. The first kappa shape index (κ1) is 13.0. The third kappa shape index (κ3) is 4.63. The number of hydrogen-bond acceptors (Lipinski definition) is 5. The topological polar surface area (TPSA) is 65.2 Å². The molecule has 5 heteroatoms. The van der Waals surface area contributed by atoms with Crippen LogP contribution < -0.4 is 5.73 Å². The largest absolute Gasteiger partial charge is 0.465 e. The highest BCUT2D eigenvalue weighted by atomic mass is 32.2. The van der Waals surface area contributed by atoms with Gasteiger partial charge >= 0.3 is 5.97 Å². The van der Waals surface area contributed by atoms with Crippen molar-refractivity contribution in [2.45, 2.75) is 18.7 Å². The van der Waals surface area contributed by atoms with E-state index < -0.39 is 6.04 Å². The molecule has 4 nitrogen and oxygen atoms in total. The molecule has 0 bridgehead atoms. The maximum absolute atomic E-state index is 11.2. The van der Waals surface area contributed by atoms with Gasteiger partial charge in [0.05, 0.1) is 6.61 Å². The Kier molecular flexibility index (Phi) is 5.88. The molecule has 0 radical (unpaired) electrons. The molecule has 1 atom stereocenters.